The van der Waals surface area contributed by atoms with Gasteiger partial charge in [-0.3, -0.25) is 15.0 Å². The smallest absolute Gasteiger partial charge is 0.410 e. The van der Waals surface area contributed by atoms with Gasteiger partial charge in [-0.2, -0.15) is 0 Å². The van der Waals surface area contributed by atoms with Gasteiger partial charge < -0.3 is 4.74 Å². The van der Waals surface area contributed by atoms with E-state index in [9.17, 15) is 14.9 Å². The maximum Gasteiger partial charge on any atom is 0.410 e. The van der Waals surface area contributed by atoms with E-state index in [2.05, 4.69) is 0 Å². The van der Waals surface area contributed by atoms with Gasteiger partial charge in [0.1, 0.15) is 5.60 Å². The Morgan fingerprint density at radius 3 is 2.56 bits per heavy atom. The number of non-ortho nitro benzene ring substituents is 1. The van der Waals surface area contributed by atoms with Gasteiger partial charge >= 0.3 is 6.09 Å². The molecule has 0 aromatic heterocycles. The van der Waals surface area contributed by atoms with Crippen molar-refractivity contribution in [3.05, 3.63) is 39.9 Å². The molecule has 1 aliphatic rings. The van der Waals surface area contributed by atoms with Crippen molar-refractivity contribution in [2.45, 2.75) is 51.8 Å². The largest absolute Gasteiger partial charge is 0.444 e. The van der Waals surface area contributed by atoms with Crippen molar-refractivity contribution < 1.29 is 14.5 Å². The van der Waals surface area contributed by atoms with Crippen molar-refractivity contribution in [1.29, 1.82) is 0 Å². The fourth-order valence-corrected chi connectivity index (χ4v) is 3.03. The van der Waals surface area contributed by atoms with Crippen LogP contribution in [0.3, 0.4) is 0 Å². The highest BCUT2D eigenvalue weighted by Crippen LogP contribution is 2.23. The molecule has 138 valence electrons. The van der Waals surface area contributed by atoms with Crippen LogP contribution in [0.1, 0.15) is 39.2 Å². The molecule has 0 bridgehead atoms. The average Bonchev–Trinajstić information content (AvgIpc) is 2.51. The molecule has 7 nitrogen and oxygen atoms in total. The van der Waals surface area contributed by atoms with Crippen LogP contribution in [0.5, 0.6) is 0 Å². The van der Waals surface area contributed by atoms with Gasteiger partial charge in [-0.05, 0) is 51.0 Å². The summed E-state index contributed by atoms with van der Waals surface area (Å²) in [5.74, 6) is 0. The van der Waals surface area contributed by atoms with Crippen molar-refractivity contribution in [1.82, 2.24) is 9.32 Å². The molecule has 1 aliphatic heterocycles. The van der Waals surface area contributed by atoms with Gasteiger partial charge in [0.15, 0.2) is 0 Å². The second-order valence-corrected chi connectivity index (χ2v) is 7.67. The Labute approximate surface area is 152 Å². The molecule has 8 heteroatoms. The number of piperidine rings is 1. The van der Waals surface area contributed by atoms with E-state index >= 15 is 0 Å². The van der Waals surface area contributed by atoms with Gasteiger partial charge in [-0.1, -0.05) is 12.1 Å². The van der Waals surface area contributed by atoms with Crippen molar-refractivity contribution in [3.8, 4) is 0 Å². The van der Waals surface area contributed by atoms with Crippen LogP contribution in [-0.4, -0.2) is 45.1 Å². The molecule has 0 radical (unpaired) electrons. The van der Waals surface area contributed by atoms with E-state index in [4.69, 9.17) is 16.5 Å². The van der Waals surface area contributed by atoms with Gasteiger partial charge in [0, 0.05) is 37.8 Å². The lowest BCUT2D eigenvalue weighted by Gasteiger charge is -2.37. The van der Waals surface area contributed by atoms with Crippen LogP contribution in [0.4, 0.5) is 10.5 Å². The van der Waals surface area contributed by atoms with Gasteiger partial charge in [-0.25, -0.2) is 9.21 Å². The summed E-state index contributed by atoms with van der Waals surface area (Å²) in [6.45, 7) is 7.14. The molecule has 0 unspecified atom stereocenters. The molecular formula is C17H24ClN3O4. The molecule has 0 spiro atoms. The summed E-state index contributed by atoms with van der Waals surface area (Å²) in [6, 6.07) is 6.15. The summed E-state index contributed by atoms with van der Waals surface area (Å²) in [5.41, 5.74) is 0.237. The number of nitrogens with zero attached hydrogens (tertiary/aromatic N) is 3. The molecule has 1 fully saturated rings. The van der Waals surface area contributed by atoms with Crippen molar-refractivity contribution in [2.75, 3.05) is 13.1 Å². The van der Waals surface area contributed by atoms with E-state index in [-0.39, 0.29) is 11.7 Å². The van der Waals surface area contributed by atoms with Gasteiger partial charge in [-0.15, -0.1) is 0 Å². The summed E-state index contributed by atoms with van der Waals surface area (Å²) < 4.78 is 7.22. The minimum absolute atomic E-state index is 0.0252. The molecule has 2 rings (SSSR count). The third kappa shape index (κ3) is 5.86. The Bertz CT molecular complexity index is 615. The van der Waals surface area contributed by atoms with Crippen LogP contribution in [0.2, 0.25) is 0 Å². The first-order valence-electron chi connectivity index (χ1n) is 8.29. The van der Waals surface area contributed by atoms with E-state index in [1.165, 1.54) is 12.1 Å². The minimum Gasteiger partial charge on any atom is -0.444 e. The van der Waals surface area contributed by atoms with Crippen molar-refractivity contribution >= 4 is 23.6 Å². The van der Waals surface area contributed by atoms with E-state index in [1.54, 1.807) is 21.5 Å². The SMILES string of the molecule is CC(C)(C)OC(=O)N(Cc1ccc([N+](=O)[O-])cc1)[C@@H]1CCCN(Cl)C1. The standard InChI is InChI=1S/C17H24ClN3O4/c1-17(2,3)25-16(22)20(15-5-4-10-19(18)12-15)11-13-6-8-14(9-7-13)21(23)24/h6-9,15H,4-5,10-12H2,1-3H3/t15-/m1/s1. The number of amides is 1. The van der Waals surface area contributed by atoms with E-state index in [0.717, 1.165) is 24.9 Å². The number of ether oxygens (including phenoxy) is 1. The summed E-state index contributed by atoms with van der Waals surface area (Å²) in [6.07, 6.45) is 1.34. The Morgan fingerprint density at radius 2 is 2.04 bits per heavy atom. The van der Waals surface area contributed by atoms with E-state index in [1.807, 2.05) is 20.8 Å². The van der Waals surface area contributed by atoms with Crippen molar-refractivity contribution in [2.24, 2.45) is 0 Å². The summed E-state index contributed by atoms with van der Waals surface area (Å²) in [5, 5.41) is 10.8. The highest BCUT2D eigenvalue weighted by atomic mass is 35.5. The van der Waals surface area contributed by atoms with Crippen LogP contribution in [0.25, 0.3) is 0 Å². The molecule has 1 aromatic rings. The average molecular weight is 370 g/mol. The quantitative estimate of drug-likeness (QED) is 0.456. The lowest BCUT2D eigenvalue weighted by atomic mass is 10.0. The van der Waals surface area contributed by atoms with Gasteiger partial charge in [0.25, 0.3) is 5.69 Å². The molecule has 25 heavy (non-hydrogen) atoms. The summed E-state index contributed by atoms with van der Waals surface area (Å²) >= 11 is 6.13. The topological polar surface area (TPSA) is 75.9 Å². The Kier molecular flexibility index (Phi) is 6.24. The molecule has 1 saturated heterocycles. The first-order chi connectivity index (χ1) is 11.7. The zero-order chi connectivity index (χ0) is 18.6. The van der Waals surface area contributed by atoms with Crippen LogP contribution < -0.4 is 0 Å². The molecule has 0 N–H and O–H groups in total. The van der Waals surface area contributed by atoms with Crippen molar-refractivity contribution in [3.63, 3.8) is 0 Å². The third-order valence-electron chi connectivity index (χ3n) is 3.92. The summed E-state index contributed by atoms with van der Waals surface area (Å²) in [4.78, 5) is 24.7. The molecule has 0 aliphatic carbocycles. The summed E-state index contributed by atoms with van der Waals surface area (Å²) in [7, 11) is 0. The molecule has 1 aromatic carbocycles. The number of nitro benzene ring substituents is 1. The van der Waals surface area contributed by atoms with Crippen LogP contribution in [-0.2, 0) is 11.3 Å². The van der Waals surface area contributed by atoms with Gasteiger partial charge in [0.05, 0.1) is 4.92 Å². The Hall–Kier alpha value is -1.86. The first-order valence-corrected chi connectivity index (χ1v) is 8.63. The number of nitro groups is 1. The number of rotatable bonds is 4. The predicted molar refractivity (Wildman–Crippen MR) is 95.3 cm³/mol. The van der Waals surface area contributed by atoms with Gasteiger partial charge in [0.2, 0.25) is 0 Å². The van der Waals surface area contributed by atoms with E-state index < -0.39 is 16.6 Å². The third-order valence-corrected chi connectivity index (χ3v) is 4.22. The fourth-order valence-electron chi connectivity index (χ4n) is 2.75. The van der Waals surface area contributed by atoms with Crippen LogP contribution >= 0.6 is 11.8 Å². The monoisotopic (exact) mass is 369 g/mol. The highest BCUT2D eigenvalue weighted by Gasteiger charge is 2.31. The maximum absolute atomic E-state index is 12.7. The minimum atomic E-state index is -0.597. The second kappa shape index (κ2) is 8.01. The zero-order valence-electron chi connectivity index (χ0n) is 14.8. The Balaban J connectivity index is 2.18. The molecule has 1 atom stereocenters. The number of carbonyl (C=O) groups excluding carboxylic acids is 1. The highest BCUT2D eigenvalue weighted by molar-refractivity contribution is 6.13. The first kappa shape index (κ1) is 19.5. The second-order valence-electron chi connectivity index (χ2n) is 7.20. The Morgan fingerprint density at radius 1 is 1.40 bits per heavy atom. The maximum atomic E-state index is 12.7. The lowest BCUT2D eigenvalue weighted by molar-refractivity contribution is -0.384. The number of hydrogen-bond donors (Lipinski definition) is 0. The molecular weight excluding hydrogens is 346 g/mol. The van der Waals surface area contributed by atoms with E-state index in [0.29, 0.717) is 13.1 Å². The number of halogens is 1. The predicted octanol–water partition coefficient (Wildman–Crippen LogP) is 3.95. The lowest BCUT2D eigenvalue weighted by Crippen LogP contribution is -2.49. The number of hydrogen-bond acceptors (Lipinski definition) is 5. The molecule has 0 saturated carbocycles. The molecule has 1 amide bonds. The molecule has 1 heterocycles. The number of benzene rings is 1. The fraction of sp³-hybridized carbons (Fsp3) is 0.588. The normalized spacial score (nSPS) is 18.6. The number of carbonyl (C=O) groups is 1. The zero-order valence-corrected chi connectivity index (χ0v) is 15.5. The van der Waals surface area contributed by atoms with Crippen LogP contribution in [0.15, 0.2) is 24.3 Å². The van der Waals surface area contributed by atoms with Crippen LogP contribution in [0, 0.1) is 10.1 Å².